The summed E-state index contributed by atoms with van der Waals surface area (Å²) in [5.74, 6) is 1.15. The van der Waals surface area contributed by atoms with E-state index in [0.717, 1.165) is 36.7 Å². The summed E-state index contributed by atoms with van der Waals surface area (Å²) in [4.78, 5) is 11.6. The summed E-state index contributed by atoms with van der Waals surface area (Å²) in [6.07, 6.45) is 4.50. The van der Waals surface area contributed by atoms with Gasteiger partial charge in [-0.15, -0.1) is 0 Å². The highest BCUT2D eigenvalue weighted by atomic mass is 16.2. The van der Waals surface area contributed by atoms with E-state index in [4.69, 9.17) is 0 Å². The topological polar surface area (TPSA) is 41.1 Å². The fraction of sp³-hybridized carbons (Fsp3) is 0.562. The van der Waals surface area contributed by atoms with E-state index in [1.165, 1.54) is 12.8 Å². The normalized spacial score (nSPS) is 14.5. The van der Waals surface area contributed by atoms with Crippen LogP contribution in [-0.4, -0.2) is 12.5 Å². The molecule has 0 aromatic heterocycles. The van der Waals surface area contributed by atoms with Crippen molar-refractivity contribution in [2.75, 3.05) is 17.2 Å². The second-order valence-corrected chi connectivity index (χ2v) is 5.40. The van der Waals surface area contributed by atoms with Crippen molar-refractivity contribution in [2.45, 2.75) is 39.5 Å². The van der Waals surface area contributed by atoms with Crippen LogP contribution in [-0.2, 0) is 4.79 Å². The minimum Gasteiger partial charge on any atom is -0.385 e. The van der Waals surface area contributed by atoms with E-state index in [0.29, 0.717) is 0 Å². The van der Waals surface area contributed by atoms with Crippen molar-refractivity contribution >= 4 is 17.3 Å². The molecule has 0 atom stereocenters. The van der Waals surface area contributed by atoms with Crippen LogP contribution in [0.4, 0.5) is 11.4 Å². The molecule has 0 radical (unpaired) electrons. The lowest BCUT2D eigenvalue weighted by molar-refractivity contribution is -0.117. The maximum atomic E-state index is 11.6. The van der Waals surface area contributed by atoms with Crippen molar-refractivity contribution in [1.82, 2.24) is 0 Å². The zero-order chi connectivity index (χ0) is 13.7. The van der Waals surface area contributed by atoms with Gasteiger partial charge in [0.25, 0.3) is 0 Å². The molecule has 1 aliphatic rings. The molecule has 2 rings (SSSR count). The number of carbonyl (C=O) groups is 1. The lowest BCUT2D eigenvalue weighted by Gasteiger charge is -2.14. The van der Waals surface area contributed by atoms with Crippen LogP contribution < -0.4 is 10.6 Å². The van der Waals surface area contributed by atoms with E-state index in [1.807, 2.05) is 24.3 Å². The van der Waals surface area contributed by atoms with E-state index in [2.05, 4.69) is 24.5 Å². The highest BCUT2D eigenvalue weighted by Crippen LogP contribution is 2.30. The van der Waals surface area contributed by atoms with Gasteiger partial charge >= 0.3 is 0 Å². The number of anilines is 2. The van der Waals surface area contributed by atoms with Crippen LogP contribution in [0.1, 0.15) is 39.5 Å². The molecule has 1 saturated carbocycles. The van der Waals surface area contributed by atoms with E-state index < -0.39 is 0 Å². The van der Waals surface area contributed by atoms with Gasteiger partial charge in [0.15, 0.2) is 0 Å². The first kappa shape index (κ1) is 13.9. The van der Waals surface area contributed by atoms with Crippen LogP contribution >= 0.6 is 0 Å². The first-order chi connectivity index (χ1) is 9.22. The summed E-state index contributed by atoms with van der Waals surface area (Å²) in [5, 5.41) is 6.40. The highest BCUT2D eigenvalue weighted by Gasteiger charge is 2.29. The molecule has 0 heterocycles. The smallest absolute Gasteiger partial charge is 0.227 e. The van der Waals surface area contributed by atoms with Crippen LogP contribution in [0.3, 0.4) is 0 Å². The van der Waals surface area contributed by atoms with Gasteiger partial charge in [0, 0.05) is 23.8 Å². The maximum absolute atomic E-state index is 11.6. The molecule has 1 aliphatic carbocycles. The van der Waals surface area contributed by atoms with E-state index in [1.54, 1.807) is 0 Å². The molecule has 104 valence electrons. The Balaban J connectivity index is 1.81. The Morgan fingerprint density at radius 3 is 2.26 bits per heavy atom. The summed E-state index contributed by atoms with van der Waals surface area (Å²) in [5.41, 5.74) is 2.02. The standard InChI is InChI=1S/C16H24N2O/c1-3-12(4-2)11-17-14-7-9-15(10-8-14)18-16(19)13-5-6-13/h7-10,12-13,17H,3-6,11H2,1-2H3,(H,18,19). The number of rotatable bonds is 7. The molecule has 1 amide bonds. The second kappa shape index (κ2) is 6.60. The van der Waals surface area contributed by atoms with Gasteiger partial charge in [-0.25, -0.2) is 0 Å². The minimum atomic E-state index is 0.165. The predicted octanol–water partition coefficient (Wildman–Crippen LogP) is 3.88. The Labute approximate surface area is 115 Å². The van der Waals surface area contributed by atoms with Crippen molar-refractivity contribution in [1.29, 1.82) is 0 Å². The lowest BCUT2D eigenvalue weighted by Crippen LogP contribution is -2.14. The summed E-state index contributed by atoms with van der Waals surface area (Å²) in [7, 11) is 0. The Morgan fingerprint density at radius 2 is 1.74 bits per heavy atom. The molecule has 0 bridgehead atoms. The molecule has 0 aliphatic heterocycles. The fourth-order valence-electron chi connectivity index (χ4n) is 2.10. The van der Waals surface area contributed by atoms with Gasteiger partial charge in [-0.3, -0.25) is 4.79 Å². The molecule has 2 N–H and O–H groups in total. The molecular weight excluding hydrogens is 236 g/mol. The average molecular weight is 260 g/mol. The lowest BCUT2D eigenvalue weighted by atomic mass is 10.0. The minimum absolute atomic E-state index is 0.165. The third-order valence-corrected chi connectivity index (χ3v) is 3.85. The van der Waals surface area contributed by atoms with Crippen LogP contribution in [0.25, 0.3) is 0 Å². The number of hydrogen-bond acceptors (Lipinski definition) is 2. The first-order valence-corrected chi connectivity index (χ1v) is 7.37. The monoisotopic (exact) mass is 260 g/mol. The van der Waals surface area contributed by atoms with Gasteiger partial charge in [-0.05, 0) is 43.0 Å². The highest BCUT2D eigenvalue weighted by molar-refractivity contribution is 5.94. The maximum Gasteiger partial charge on any atom is 0.227 e. The number of hydrogen-bond donors (Lipinski definition) is 2. The van der Waals surface area contributed by atoms with Crippen LogP contribution in [0.5, 0.6) is 0 Å². The number of benzene rings is 1. The van der Waals surface area contributed by atoms with Gasteiger partial charge in [0.2, 0.25) is 5.91 Å². The van der Waals surface area contributed by atoms with Crippen LogP contribution in [0.2, 0.25) is 0 Å². The Bertz CT molecular complexity index is 405. The zero-order valence-electron chi connectivity index (χ0n) is 11.9. The van der Waals surface area contributed by atoms with Crippen molar-refractivity contribution in [3.05, 3.63) is 24.3 Å². The summed E-state index contributed by atoms with van der Waals surface area (Å²) < 4.78 is 0. The summed E-state index contributed by atoms with van der Waals surface area (Å²) in [6.45, 7) is 5.47. The van der Waals surface area contributed by atoms with Gasteiger partial charge in [0.1, 0.15) is 0 Å². The third-order valence-electron chi connectivity index (χ3n) is 3.85. The molecule has 0 saturated heterocycles. The summed E-state index contributed by atoms with van der Waals surface area (Å²) in [6, 6.07) is 8.00. The molecule has 0 spiro atoms. The zero-order valence-corrected chi connectivity index (χ0v) is 11.9. The molecule has 1 fully saturated rings. The SMILES string of the molecule is CCC(CC)CNc1ccc(NC(=O)C2CC2)cc1. The van der Waals surface area contributed by atoms with Gasteiger partial charge in [-0.1, -0.05) is 26.7 Å². The largest absolute Gasteiger partial charge is 0.385 e. The fourth-order valence-corrected chi connectivity index (χ4v) is 2.10. The Hall–Kier alpha value is -1.51. The summed E-state index contributed by atoms with van der Waals surface area (Å²) >= 11 is 0. The predicted molar refractivity (Wildman–Crippen MR) is 80.4 cm³/mol. The molecular formula is C16H24N2O. The van der Waals surface area contributed by atoms with Crippen molar-refractivity contribution < 1.29 is 4.79 Å². The number of amides is 1. The van der Waals surface area contributed by atoms with Crippen LogP contribution in [0, 0.1) is 11.8 Å². The van der Waals surface area contributed by atoms with E-state index in [-0.39, 0.29) is 11.8 Å². The quantitative estimate of drug-likeness (QED) is 0.781. The molecule has 0 unspecified atom stereocenters. The number of carbonyl (C=O) groups excluding carboxylic acids is 1. The molecule has 1 aromatic carbocycles. The van der Waals surface area contributed by atoms with E-state index >= 15 is 0 Å². The van der Waals surface area contributed by atoms with Gasteiger partial charge in [-0.2, -0.15) is 0 Å². The van der Waals surface area contributed by atoms with Gasteiger partial charge in [0.05, 0.1) is 0 Å². The third kappa shape index (κ3) is 4.27. The average Bonchev–Trinajstić information content (AvgIpc) is 3.26. The second-order valence-electron chi connectivity index (χ2n) is 5.40. The van der Waals surface area contributed by atoms with Crippen molar-refractivity contribution in [3.8, 4) is 0 Å². The van der Waals surface area contributed by atoms with Crippen molar-refractivity contribution in [2.24, 2.45) is 11.8 Å². The molecule has 19 heavy (non-hydrogen) atoms. The van der Waals surface area contributed by atoms with E-state index in [9.17, 15) is 4.79 Å². The molecule has 1 aromatic rings. The number of nitrogens with one attached hydrogen (secondary N) is 2. The Kier molecular flexibility index (Phi) is 4.83. The molecule has 3 nitrogen and oxygen atoms in total. The van der Waals surface area contributed by atoms with Crippen molar-refractivity contribution in [3.63, 3.8) is 0 Å². The van der Waals surface area contributed by atoms with Gasteiger partial charge < -0.3 is 10.6 Å². The Morgan fingerprint density at radius 1 is 1.16 bits per heavy atom. The molecule has 3 heteroatoms. The first-order valence-electron chi connectivity index (χ1n) is 7.37. The van der Waals surface area contributed by atoms with Crippen LogP contribution in [0.15, 0.2) is 24.3 Å².